The molecule has 3 aromatic carbocycles. The van der Waals surface area contributed by atoms with E-state index in [1.807, 2.05) is 60.7 Å². The summed E-state index contributed by atoms with van der Waals surface area (Å²) in [4.78, 5) is 31.2. The minimum absolute atomic E-state index is 0.286. The number of hydrogen-bond acceptors (Lipinski definition) is 6. The highest BCUT2D eigenvalue weighted by molar-refractivity contribution is 6.14. The van der Waals surface area contributed by atoms with Gasteiger partial charge < -0.3 is 9.47 Å². The largest absolute Gasteiger partial charge is 0.419 e. The molecule has 7 nitrogen and oxygen atoms in total. The lowest BCUT2D eigenvalue weighted by molar-refractivity contribution is -0.488. The molecule has 0 aromatic heterocycles. The van der Waals surface area contributed by atoms with E-state index in [-0.39, 0.29) is 6.42 Å². The van der Waals surface area contributed by atoms with E-state index < -0.39 is 28.9 Å². The minimum atomic E-state index is -1.64. The number of carbonyl (C=O) groups is 2. The van der Waals surface area contributed by atoms with E-state index in [4.69, 9.17) is 19.2 Å². The number of ether oxygens (including phenoxy) is 3. The summed E-state index contributed by atoms with van der Waals surface area (Å²) in [5, 5.41) is 2.46. The number of carbonyl (C=O) groups excluding carboxylic acids is 2. The zero-order valence-electron chi connectivity index (χ0n) is 17.8. The molecule has 1 fully saturated rings. The summed E-state index contributed by atoms with van der Waals surface area (Å²) >= 11 is 0. The second kappa shape index (κ2) is 6.84. The van der Waals surface area contributed by atoms with Crippen LogP contribution in [0.15, 0.2) is 89.9 Å². The van der Waals surface area contributed by atoms with Gasteiger partial charge in [0.25, 0.3) is 11.8 Å². The maximum Gasteiger partial charge on any atom is 0.360 e. The molecule has 1 spiro atoms. The lowest BCUT2D eigenvalue weighted by atomic mass is 9.62. The minimum Gasteiger partial charge on any atom is -0.419 e. The van der Waals surface area contributed by atoms with Crippen molar-refractivity contribution in [2.75, 3.05) is 7.11 Å². The smallest absolute Gasteiger partial charge is 0.360 e. The molecule has 6 rings (SSSR count). The van der Waals surface area contributed by atoms with Crippen LogP contribution in [0.5, 0.6) is 0 Å². The van der Waals surface area contributed by atoms with Gasteiger partial charge in [0.2, 0.25) is 17.0 Å². The van der Waals surface area contributed by atoms with Crippen molar-refractivity contribution in [3.05, 3.63) is 107 Å². The molecular formula is C26H20N2O5. The van der Waals surface area contributed by atoms with Crippen molar-refractivity contribution >= 4 is 17.7 Å². The first-order chi connectivity index (χ1) is 16.1. The zero-order valence-corrected chi connectivity index (χ0v) is 17.8. The third-order valence-corrected chi connectivity index (χ3v) is 6.59. The van der Waals surface area contributed by atoms with Gasteiger partial charge in [0.05, 0.1) is 0 Å². The third kappa shape index (κ3) is 2.43. The molecule has 3 aliphatic heterocycles. The fourth-order valence-corrected chi connectivity index (χ4v) is 5.12. The van der Waals surface area contributed by atoms with Crippen LogP contribution in [-0.2, 0) is 31.0 Å². The Kier molecular flexibility index (Phi) is 4.11. The Bertz CT molecular complexity index is 1310. The SMILES string of the molecule is CO[C@]12OC(c3ccccc3)=N[C@@]1(Cc1ccccc1)[C@]1(O2)C(=O)NC(=O)c2ccccc21. The van der Waals surface area contributed by atoms with Gasteiger partial charge in [-0.1, -0.05) is 66.7 Å². The maximum absolute atomic E-state index is 13.6. The van der Waals surface area contributed by atoms with Crippen LogP contribution in [0.3, 0.4) is 0 Å². The van der Waals surface area contributed by atoms with Crippen molar-refractivity contribution in [3.63, 3.8) is 0 Å². The second-order valence-corrected chi connectivity index (χ2v) is 8.28. The van der Waals surface area contributed by atoms with E-state index >= 15 is 0 Å². The molecule has 0 saturated carbocycles. The van der Waals surface area contributed by atoms with Gasteiger partial charge in [-0.25, -0.2) is 4.99 Å². The van der Waals surface area contributed by atoms with Gasteiger partial charge in [0.15, 0.2) is 0 Å². The molecule has 7 heteroatoms. The van der Waals surface area contributed by atoms with Crippen LogP contribution in [0.25, 0.3) is 0 Å². The van der Waals surface area contributed by atoms with Crippen LogP contribution in [0.2, 0.25) is 0 Å². The Balaban J connectivity index is 1.62. The first kappa shape index (κ1) is 19.8. The van der Waals surface area contributed by atoms with Crippen LogP contribution in [0, 0.1) is 0 Å². The van der Waals surface area contributed by atoms with Crippen molar-refractivity contribution in [1.82, 2.24) is 5.32 Å². The Morgan fingerprint density at radius 2 is 1.58 bits per heavy atom. The highest BCUT2D eigenvalue weighted by Gasteiger charge is 2.87. The number of benzene rings is 3. The average Bonchev–Trinajstić information content (AvgIpc) is 3.10. The predicted octanol–water partition coefficient (Wildman–Crippen LogP) is 2.94. The van der Waals surface area contributed by atoms with Crippen LogP contribution >= 0.6 is 0 Å². The normalized spacial score (nSPS) is 29.4. The molecule has 33 heavy (non-hydrogen) atoms. The fourth-order valence-electron chi connectivity index (χ4n) is 5.12. The van der Waals surface area contributed by atoms with Crippen LogP contribution in [-0.4, -0.2) is 36.3 Å². The molecule has 0 aliphatic carbocycles. The van der Waals surface area contributed by atoms with Gasteiger partial charge in [-0.05, 0) is 23.8 Å². The van der Waals surface area contributed by atoms with Crippen molar-refractivity contribution in [2.24, 2.45) is 4.99 Å². The van der Waals surface area contributed by atoms with E-state index in [1.165, 1.54) is 7.11 Å². The average molecular weight is 440 g/mol. The Morgan fingerprint density at radius 1 is 0.909 bits per heavy atom. The highest BCUT2D eigenvalue weighted by Crippen LogP contribution is 2.65. The van der Waals surface area contributed by atoms with Gasteiger partial charge in [0, 0.05) is 30.2 Å². The summed E-state index contributed by atoms with van der Waals surface area (Å²) in [7, 11) is 1.47. The number of methoxy groups -OCH3 is 1. The monoisotopic (exact) mass is 440 g/mol. The Morgan fingerprint density at radius 3 is 2.30 bits per heavy atom. The quantitative estimate of drug-likeness (QED) is 0.631. The zero-order chi connectivity index (χ0) is 22.7. The van der Waals surface area contributed by atoms with Crippen molar-refractivity contribution in [2.45, 2.75) is 23.5 Å². The predicted molar refractivity (Wildman–Crippen MR) is 118 cm³/mol. The first-order valence-electron chi connectivity index (χ1n) is 10.6. The van der Waals surface area contributed by atoms with Crippen LogP contribution < -0.4 is 5.32 Å². The summed E-state index contributed by atoms with van der Waals surface area (Å²) < 4.78 is 18.4. The number of aliphatic imine (C=N–C) groups is 1. The highest BCUT2D eigenvalue weighted by atomic mass is 16.9. The molecule has 1 saturated heterocycles. The van der Waals surface area contributed by atoms with Crippen molar-refractivity contribution < 1.29 is 23.8 Å². The first-order valence-corrected chi connectivity index (χ1v) is 10.6. The Labute approximate surface area is 190 Å². The molecule has 1 N–H and O–H groups in total. The van der Waals surface area contributed by atoms with Crippen LogP contribution in [0.4, 0.5) is 0 Å². The number of nitrogens with one attached hydrogen (secondary N) is 1. The van der Waals surface area contributed by atoms with Gasteiger partial charge in [0.1, 0.15) is 0 Å². The van der Waals surface area contributed by atoms with Gasteiger partial charge >= 0.3 is 5.97 Å². The summed E-state index contributed by atoms with van der Waals surface area (Å²) in [5.74, 6) is -2.39. The van der Waals surface area contributed by atoms with Crippen LogP contribution in [0.1, 0.15) is 27.0 Å². The molecule has 3 atom stereocenters. The van der Waals surface area contributed by atoms with E-state index in [0.717, 1.165) is 11.1 Å². The number of nitrogens with zero attached hydrogens (tertiary/aromatic N) is 1. The number of imide groups is 1. The van der Waals surface area contributed by atoms with Crippen molar-refractivity contribution in [1.29, 1.82) is 0 Å². The van der Waals surface area contributed by atoms with E-state index in [0.29, 0.717) is 17.0 Å². The molecule has 3 aromatic rings. The summed E-state index contributed by atoms with van der Waals surface area (Å²) in [6.45, 7) is 0. The molecule has 2 amide bonds. The molecule has 0 radical (unpaired) electrons. The van der Waals surface area contributed by atoms with Gasteiger partial charge in [-0.2, -0.15) is 0 Å². The van der Waals surface area contributed by atoms with Gasteiger partial charge in [-0.3, -0.25) is 19.6 Å². The third-order valence-electron chi connectivity index (χ3n) is 6.59. The lowest BCUT2D eigenvalue weighted by Gasteiger charge is -2.61. The Hall–Kier alpha value is -3.81. The van der Waals surface area contributed by atoms with Crippen molar-refractivity contribution in [3.8, 4) is 0 Å². The molecule has 0 bridgehead atoms. The number of amides is 2. The molecule has 0 unspecified atom stereocenters. The summed E-state index contributed by atoms with van der Waals surface area (Å²) in [6.07, 6.45) is 0.286. The molecule has 3 aliphatic rings. The lowest BCUT2D eigenvalue weighted by Crippen LogP contribution is -2.84. The number of hydrogen-bond donors (Lipinski definition) is 1. The molecule has 164 valence electrons. The second-order valence-electron chi connectivity index (χ2n) is 8.28. The maximum atomic E-state index is 13.6. The van der Waals surface area contributed by atoms with E-state index in [9.17, 15) is 9.59 Å². The molecule has 3 heterocycles. The standard InChI is InChI=1S/C26H20N2O5/c1-31-26-24(16-17-10-4-2-5-11-17,28-22(32-26)18-12-6-3-7-13-18)25(33-26)20-15-9-8-14-19(20)21(29)27-23(25)30/h2-15H,16H2,1H3,(H,27,29,30)/t24-,25+,26-/m0/s1. The number of rotatable bonds is 4. The fraction of sp³-hybridized carbons (Fsp3) is 0.192. The topological polar surface area (TPSA) is 86.2 Å². The van der Waals surface area contributed by atoms with E-state index in [1.54, 1.807) is 24.3 Å². The van der Waals surface area contributed by atoms with E-state index in [2.05, 4.69) is 5.32 Å². The summed E-state index contributed by atoms with van der Waals surface area (Å²) in [5.41, 5.74) is -0.468. The van der Waals surface area contributed by atoms with Gasteiger partial charge in [-0.15, -0.1) is 0 Å². The number of fused-ring (bicyclic) bond motifs is 4. The summed E-state index contributed by atoms with van der Waals surface area (Å²) in [6, 6.07) is 26.0. The molecular weight excluding hydrogens is 420 g/mol.